The van der Waals surface area contributed by atoms with E-state index < -0.39 is 6.10 Å². The first kappa shape index (κ1) is 12.9. The zero-order chi connectivity index (χ0) is 13.1. The van der Waals surface area contributed by atoms with Crippen LogP contribution in [0.4, 0.5) is 0 Å². The molecule has 1 N–H and O–H groups in total. The van der Waals surface area contributed by atoms with E-state index in [4.69, 9.17) is 9.47 Å². The molecule has 0 aliphatic carbocycles. The summed E-state index contributed by atoms with van der Waals surface area (Å²) in [5.41, 5.74) is 2.17. The standard InChI is InChI=1S/C14H19NO3/c1-9-4-5-11(10(2)15-3)13(8-9)18-12-6-7-17-14(12)16/h4-5,8,10,12,15H,6-7H2,1-3H3. The minimum atomic E-state index is -0.463. The average Bonchev–Trinajstić information content (AvgIpc) is 2.74. The average molecular weight is 249 g/mol. The van der Waals surface area contributed by atoms with Crippen LogP contribution in [0.15, 0.2) is 18.2 Å². The van der Waals surface area contributed by atoms with Crippen LogP contribution < -0.4 is 10.1 Å². The lowest BCUT2D eigenvalue weighted by atomic mass is 10.0. The Kier molecular flexibility index (Phi) is 3.87. The molecular weight excluding hydrogens is 230 g/mol. The van der Waals surface area contributed by atoms with Gasteiger partial charge in [0.15, 0.2) is 6.10 Å². The Balaban J connectivity index is 2.24. The molecule has 1 aromatic rings. The first-order chi connectivity index (χ1) is 8.61. The van der Waals surface area contributed by atoms with Crippen LogP contribution >= 0.6 is 0 Å². The zero-order valence-corrected chi connectivity index (χ0v) is 11.0. The molecule has 2 unspecified atom stereocenters. The van der Waals surface area contributed by atoms with Crippen LogP contribution in [-0.4, -0.2) is 25.7 Å². The van der Waals surface area contributed by atoms with Gasteiger partial charge in [-0.2, -0.15) is 0 Å². The van der Waals surface area contributed by atoms with Crippen LogP contribution in [0.1, 0.15) is 30.5 Å². The van der Waals surface area contributed by atoms with Gasteiger partial charge in [0, 0.05) is 18.0 Å². The fourth-order valence-corrected chi connectivity index (χ4v) is 1.99. The summed E-state index contributed by atoms with van der Waals surface area (Å²) in [5.74, 6) is 0.500. The first-order valence-electron chi connectivity index (χ1n) is 6.23. The molecule has 1 saturated heterocycles. The topological polar surface area (TPSA) is 47.6 Å². The van der Waals surface area contributed by atoms with E-state index in [1.165, 1.54) is 0 Å². The molecule has 0 saturated carbocycles. The number of nitrogens with one attached hydrogen (secondary N) is 1. The summed E-state index contributed by atoms with van der Waals surface area (Å²) in [5, 5.41) is 3.18. The minimum absolute atomic E-state index is 0.179. The second-order valence-corrected chi connectivity index (χ2v) is 4.61. The summed E-state index contributed by atoms with van der Waals surface area (Å²) in [7, 11) is 1.90. The predicted octanol–water partition coefficient (Wildman–Crippen LogP) is 1.97. The van der Waals surface area contributed by atoms with Crippen LogP contribution in [0.3, 0.4) is 0 Å². The lowest BCUT2D eigenvalue weighted by Crippen LogP contribution is -2.23. The summed E-state index contributed by atoms with van der Waals surface area (Å²) in [6, 6.07) is 6.22. The van der Waals surface area contributed by atoms with Crippen LogP contribution in [0.5, 0.6) is 5.75 Å². The Morgan fingerprint density at radius 3 is 2.89 bits per heavy atom. The van der Waals surface area contributed by atoms with Crippen molar-refractivity contribution >= 4 is 5.97 Å². The van der Waals surface area contributed by atoms with Crippen molar-refractivity contribution in [3.63, 3.8) is 0 Å². The van der Waals surface area contributed by atoms with E-state index in [9.17, 15) is 4.79 Å². The highest BCUT2D eigenvalue weighted by Gasteiger charge is 2.29. The van der Waals surface area contributed by atoms with Gasteiger partial charge < -0.3 is 14.8 Å². The largest absolute Gasteiger partial charge is 0.478 e. The molecule has 0 aromatic heterocycles. The molecule has 0 bridgehead atoms. The van der Waals surface area contributed by atoms with Crippen molar-refractivity contribution < 1.29 is 14.3 Å². The molecule has 4 nitrogen and oxygen atoms in total. The third-order valence-electron chi connectivity index (χ3n) is 3.23. The Morgan fingerprint density at radius 2 is 2.28 bits per heavy atom. The highest BCUT2D eigenvalue weighted by molar-refractivity contribution is 5.76. The van der Waals surface area contributed by atoms with E-state index in [0.29, 0.717) is 13.0 Å². The van der Waals surface area contributed by atoms with Crippen molar-refractivity contribution in [2.24, 2.45) is 0 Å². The molecule has 2 atom stereocenters. The molecule has 1 aromatic carbocycles. The third-order valence-corrected chi connectivity index (χ3v) is 3.23. The Morgan fingerprint density at radius 1 is 1.50 bits per heavy atom. The number of carbonyl (C=O) groups excluding carboxylic acids is 1. The highest BCUT2D eigenvalue weighted by Crippen LogP contribution is 2.28. The summed E-state index contributed by atoms with van der Waals surface area (Å²) >= 11 is 0. The first-order valence-corrected chi connectivity index (χ1v) is 6.23. The zero-order valence-electron chi connectivity index (χ0n) is 11.0. The van der Waals surface area contributed by atoms with Gasteiger partial charge in [-0.25, -0.2) is 4.79 Å². The lowest BCUT2D eigenvalue weighted by Gasteiger charge is -2.19. The smallest absolute Gasteiger partial charge is 0.347 e. The maximum atomic E-state index is 11.5. The van der Waals surface area contributed by atoms with E-state index >= 15 is 0 Å². The molecule has 1 fully saturated rings. The third kappa shape index (κ3) is 2.64. The summed E-state index contributed by atoms with van der Waals surface area (Å²) < 4.78 is 10.7. The van der Waals surface area contributed by atoms with E-state index in [2.05, 4.69) is 12.2 Å². The normalized spacial score (nSPS) is 20.6. The predicted molar refractivity (Wildman–Crippen MR) is 68.6 cm³/mol. The Bertz CT molecular complexity index is 445. The van der Waals surface area contributed by atoms with Crippen LogP contribution in [0, 0.1) is 6.92 Å². The van der Waals surface area contributed by atoms with Gasteiger partial charge in [0.25, 0.3) is 0 Å². The molecule has 98 valence electrons. The quantitative estimate of drug-likeness (QED) is 0.829. The SMILES string of the molecule is CNC(C)c1ccc(C)cc1OC1CCOC1=O. The van der Waals surface area contributed by atoms with E-state index in [-0.39, 0.29) is 12.0 Å². The molecule has 18 heavy (non-hydrogen) atoms. The summed E-state index contributed by atoms with van der Waals surface area (Å²) in [6.45, 7) is 4.52. The van der Waals surface area contributed by atoms with Crippen molar-refractivity contribution in [2.75, 3.05) is 13.7 Å². The van der Waals surface area contributed by atoms with E-state index in [1.54, 1.807) is 0 Å². The Hall–Kier alpha value is -1.55. The van der Waals surface area contributed by atoms with Gasteiger partial charge in [-0.05, 0) is 32.5 Å². The molecule has 0 amide bonds. The number of esters is 1. The monoisotopic (exact) mass is 249 g/mol. The second kappa shape index (κ2) is 5.40. The molecular formula is C14H19NO3. The fourth-order valence-electron chi connectivity index (χ4n) is 1.99. The molecule has 0 radical (unpaired) electrons. The molecule has 1 heterocycles. The fraction of sp³-hybridized carbons (Fsp3) is 0.500. The highest BCUT2D eigenvalue weighted by atomic mass is 16.6. The van der Waals surface area contributed by atoms with Crippen LogP contribution in [-0.2, 0) is 9.53 Å². The summed E-state index contributed by atoms with van der Waals surface area (Å²) in [4.78, 5) is 11.5. The number of hydrogen-bond donors (Lipinski definition) is 1. The molecule has 4 heteroatoms. The van der Waals surface area contributed by atoms with Gasteiger partial charge in [-0.15, -0.1) is 0 Å². The number of benzene rings is 1. The van der Waals surface area contributed by atoms with Gasteiger partial charge in [-0.1, -0.05) is 12.1 Å². The number of ether oxygens (including phenoxy) is 2. The van der Waals surface area contributed by atoms with Gasteiger partial charge >= 0.3 is 5.97 Å². The van der Waals surface area contributed by atoms with Crippen molar-refractivity contribution in [3.05, 3.63) is 29.3 Å². The second-order valence-electron chi connectivity index (χ2n) is 4.61. The van der Waals surface area contributed by atoms with Gasteiger partial charge in [0.05, 0.1) is 6.61 Å². The molecule has 1 aliphatic heterocycles. The number of rotatable bonds is 4. The van der Waals surface area contributed by atoms with Gasteiger partial charge in [0.1, 0.15) is 5.75 Å². The maximum absolute atomic E-state index is 11.5. The van der Waals surface area contributed by atoms with E-state index in [1.807, 2.05) is 32.2 Å². The Labute approximate surface area is 107 Å². The van der Waals surface area contributed by atoms with Gasteiger partial charge in [-0.3, -0.25) is 0 Å². The molecule has 1 aliphatic rings. The van der Waals surface area contributed by atoms with E-state index in [0.717, 1.165) is 16.9 Å². The van der Waals surface area contributed by atoms with Crippen molar-refractivity contribution in [3.8, 4) is 5.75 Å². The van der Waals surface area contributed by atoms with Crippen LogP contribution in [0.25, 0.3) is 0 Å². The van der Waals surface area contributed by atoms with Crippen molar-refractivity contribution in [1.29, 1.82) is 0 Å². The van der Waals surface area contributed by atoms with Gasteiger partial charge in [0.2, 0.25) is 0 Å². The maximum Gasteiger partial charge on any atom is 0.347 e. The van der Waals surface area contributed by atoms with Crippen molar-refractivity contribution in [1.82, 2.24) is 5.32 Å². The molecule has 0 spiro atoms. The minimum Gasteiger partial charge on any atom is -0.478 e. The summed E-state index contributed by atoms with van der Waals surface area (Å²) in [6.07, 6.45) is 0.162. The molecule has 2 rings (SSSR count). The van der Waals surface area contributed by atoms with Crippen molar-refractivity contribution in [2.45, 2.75) is 32.4 Å². The number of hydrogen-bond acceptors (Lipinski definition) is 4. The number of aryl methyl sites for hydroxylation is 1. The lowest BCUT2D eigenvalue weighted by molar-refractivity contribution is -0.143. The number of cyclic esters (lactones) is 1. The number of carbonyl (C=O) groups is 1. The van der Waals surface area contributed by atoms with Crippen LogP contribution in [0.2, 0.25) is 0 Å².